The second-order valence-corrected chi connectivity index (χ2v) is 5.57. The number of rotatable bonds is 5. The van der Waals surface area contributed by atoms with E-state index in [0.717, 1.165) is 17.0 Å². The smallest absolute Gasteiger partial charge is 0.311 e. The van der Waals surface area contributed by atoms with Crippen molar-refractivity contribution in [3.05, 3.63) is 56.3 Å². The van der Waals surface area contributed by atoms with Crippen molar-refractivity contribution >= 4 is 22.9 Å². The molecule has 0 saturated carbocycles. The zero-order valence-corrected chi connectivity index (χ0v) is 12.1. The molecule has 0 bridgehead atoms. The molecule has 21 heavy (non-hydrogen) atoms. The number of nitro benzene ring substituents is 1. The molecule has 6 nitrogen and oxygen atoms in total. The van der Waals surface area contributed by atoms with E-state index in [1.165, 1.54) is 6.07 Å². The van der Waals surface area contributed by atoms with Gasteiger partial charge in [0.15, 0.2) is 5.75 Å². The molecule has 110 valence electrons. The Hall–Kier alpha value is -2.41. The number of aromatic hydroxyl groups is 1. The monoisotopic (exact) mass is 306 g/mol. The van der Waals surface area contributed by atoms with Gasteiger partial charge in [-0.05, 0) is 23.6 Å². The summed E-state index contributed by atoms with van der Waals surface area (Å²) in [6.45, 7) is 2.43. The van der Waals surface area contributed by atoms with Gasteiger partial charge in [0.2, 0.25) is 0 Å². The highest BCUT2D eigenvalue weighted by Crippen LogP contribution is 2.26. The number of nitrogens with zero attached hydrogens (tertiary/aromatic N) is 1. The summed E-state index contributed by atoms with van der Waals surface area (Å²) >= 11 is 1.61. The molecule has 1 aromatic heterocycles. The standard InChI is InChI=1S/C14H14N2O4S/c1-9(13-3-2-6-21-13)8-15-14(18)10-4-5-12(17)11(7-10)16(19)20/h2-7,9,17H,8H2,1H3,(H,15,18)/t9-/m1/s1. The zero-order valence-electron chi connectivity index (χ0n) is 11.3. The number of carbonyl (C=O) groups is 1. The van der Waals surface area contributed by atoms with E-state index in [4.69, 9.17) is 0 Å². The minimum Gasteiger partial charge on any atom is -0.502 e. The molecule has 1 amide bonds. The fraction of sp³-hybridized carbons (Fsp3) is 0.214. The van der Waals surface area contributed by atoms with Gasteiger partial charge in [0.25, 0.3) is 5.91 Å². The summed E-state index contributed by atoms with van der Waals surface area (Å²) in [5.41, 5.74) is -0.327. The third-order valence-electron chi connectivity index (χ3n) is 3.03. The third kappa shape index (κ3) is 3.57. The van der Waals surface area contributed by atoms with E-state index >= 15 is 0 Å². The minimum atomic E-state index is -0.722. The minimum absolute atomic E-state index is 0.151. The summed E-state index contributed by atoms with van der Waals surface area (Å²) in [4.78, 5) is 23.2. The average Bonchev–Trinajstić information content (AvgIpc) is 2.98. The summed E-state index contributed by atoms with van der Waals surface area (Å²) in [6, 6.07) is 7.51. The topological polar surface area (TPSA) is 92.5 Å². The highest BCUT2D eigenvalue weighted by atomic mass is 32.1. The molecule has 7 heteroatoms. The number of thiophene rings is 1. The molecule has 0 fully saturated rings. The second-order valence-electron chi connectivity index (χ2n) is 4.59. The van der Waals surface area contributed by atoms with Crippen molar-refractivity contribution in [2.75, 3.05) is 6.54 Å². The van der Waals surface area contributed by atoms with Crippen LogP contribution in [-0.4, -0.2) is 22.5 Å². The number of phenolic OH excluding ortho intramolecular Hbond substituents is 1. The number of phenols is 1. The normalized spacial score (nSPS) is 11.9. The third-order valence-corrected chi connectivity index (χ3v) is 4.14. The fourth-order valence-corrected chi connectivity index (χ4v) is 2.62. The number of nitro groups is 1. The summed E-state index contributed by atoms with van der Waals surface area (Å²) in [7, 11) is 0. The molecular weight excluding hydrogens is 292 g/mol. The predicted octanol–water partition coefficient (Wildman–Crippen LogP) is 2.90. The van der Waals surface area contributed by atoms with Gasteiger partial charge in [-0.2, -0.15) is 0 Å². The van der Waals surface area contributed by atoms with Crippen LogP contribution < -0.4 is 5.32 Å². The Morgan fingerprint density at radius 2 is 2.24 bits per heavy atom. The first-order valence-corrected chi connectivity index (χ1v) is 7.16. The molecule has 0 saturated heterocycles. The molecule has 2 aromatic rings. The Morgan fingerprint density at radius 3 is 2.86 bits per heavy atom. The van der Waals surface area contributed by atoms with E-state index in [1.54, 1.807) is 11.3 Å². The average molecular weight is 306 g/mol. The van der Waals surface area contributed by atoms with Gasteiger partial charge in [0.1, 0.15) is 0 Å². The molecule has 0 unspecified atom stereocenters. The first-order chi connectivity index (χ1) is 9.99. The Bertz CT molecular complexity index is 655. The zero-order chi connectivity index (χ0) is 15.4. The summed E-state index contributed by atoms with van der Waals surface area (Å²) in [5, 5.41) is 24.8. The maximum atomic E-state index is 12.0. The van der Waals surface area contributed by atoms with Crippen molar-refractivity contribution in [1.82, 2.24) is 5.32 Å². The number of carbonyl (C=O) groups excluding carboxylic acids is 1. The van der Waals surface area contributed by atoms with E-state index in [-0.39, 0.29) is 11.5 Å². The van der Waals surface area contributed by atoms with Crippen molar-refractivity contribution in [3.8, 4) is 5.75 Å². The van der Waals surface area contributed by atoms with E-state index in [2.05, 4.69) is 5.32 Å². The number of hydrogen-bond acceptors (Lipinski definition) is 5. The van der Waals surface area contributed by atoms with Crippen LogP contribution in [0.15, 0.2) is 35.7 Å². The molecule has 2 N–H and O–H groups in total. The van der Waals surface area contributed by atoms with E-state index < -0.39 is 22.3 Å². The van der Waals surface area contributed by atoms with Crippen molar-refractivity contribution in [2.45, 2.75) is 12.8 Å². The fourth-order valence-electron chi connectivity index (χ4n) is 1.83. The van der Waals surface area contributed by atoms with Crippen molar-refractivity contribution < 1.29 is 14.8 Å². The van der Waals surface area contributed by atoms with Crippen LogP contribution in [0.5, 0.6) is 5.75 Å². The lowest BCUT2D eigenvalue weighted by molar-refractivity contribution is -0.385. The molecule has 1 heterocycles. The summed E-state index contributed by atoms with van der Waals surface area (Å²) in [5.74, 6) is -0.689. The van der Waals surface area contributed by atoms with E-state index in [9.17, 15) is 20.0 Å². The van der Waals surface area contributed by atoms with Crippen molar-refractivity contribution in [1.29, 1.82) is 0 Å². The van der Waals surface area contributed by atoms with E-state index in [1.807, 2.05) is 24.4 Å². The van der Waals surface area contributed by atoms with Crippen LogP contribution in [0.25, 0.3) is 0 Å². The van der Waals surface area contributed by atoms with Crippen LogP contribution in [0.4, 0.5) is 5.69 Å². The lowest BCUT2D eigenvalue weighted by atomic mass is 10.1. The largest absolute Gasteiger partial charge is 0.502 e. The number of hydrogen-bond donors (Lipinski definition) is 2. The van der Waals surface area contributed by atoms with Crippen LogP contribution in [0.3, 0.4) is 0 Å². The van der Waals surface area contributed by atoms with Gasteiger partial charge in [-0.1, -0.05) is 13.0 Å². The molecule has 1 aromatic carbocycles. The Balaban J connectivity index is 2.04. The Morgan fingerprint density at radius 1 is 1.48 bits per heavy atom. The highest BCUT2D eigenvalue weighted by molar-refractivity contribution is 7.10. The predicted molar refractivity (Wildman–Crippen MR) is 79.8 cm³/mol. The lowest BCUT2D eigenvalue weighted by Gasteiger charge is -2.11. The Labute approximate surface area is 125 Å². The number of benzene rings is 1. The maximum absolute atomic E-state index is 12.0. The van der Waals surface area contributed by atoms with Gasteiger partial charge in [-0.3, -0.25) is 14.9 Å². The molecular formula is C14H14N2O4S. The SMILES string of the molecule is C[C@H](CNC(=O)c1ccc(O)c([N+](=O)[O-])c1)c1cccs1. The molecule has 0 spiro atoms. The van der Waals surface area contributed by atoms with Crippen LogP contribution in [0, 0.1) is 10.1 Å². The quantitative estimate of drug-likeness (QED) is 0.656. The number of amides is 1. The molecule has 1 atom stereocenters. The first kappa shape index (κ1) is 15.0. The van der Waals surface area contributed by atoms with Crippen LogP contribution in [-0.2, 0) is 0 Å². The lowest BCUT2D eigenvalue weighted by Crippen LogP contribution is -2.27. The van der Waals surface area contributed by atoms with Gasteiger partial charge in [-0.25, -0.2) is 0 Å². The second kappa shape index (κ2) is 6.36. The summed E-state index contributed by atoms with van der Waals surface area (Å²) < 4.78 is 0. The van der Waals surface area contributed by atoms with Crippen LogP contribution in [0.2, 0.25) is 0 Å². The van der Waals surface area contributed by atoms with Crippen molar-refractivity contribution in [3.63, 3.8) is 0 Å². The van der Waals surface area contributed by atoms with Crippen LogP contribution >= 0.6 is 11.3 Å². The first-order valence-electron chi connectivity index (χ1n) is 6.28. The molecule has 0 aliphatic rings. The molecule has 0 radical (unpaired) electrons. The highest BCUT2D eigenvalue weighted by Gasteiger charge is 2.17. The van der Waals surface area contributed by atoms with Gasteiger partial charge in [0, 0.05) is 29.0 Å². The molecule has 0 aliphatic carbocycles. The summed E-state index contributed by atoms with van der Waals surface area (Å²) in [6.07, 6.45) is 0. The Kier molecular flexibility index (Phi) is 4.54. The molecule has 2 rings (SSSR count). The molecule has 0 aliphatic heterocycles. The van der Waals surface area contributed by atoms with Gasteiger partial charge in [0.05, 0.1) is 4.92 Å². The van der Waals surface area contributed by atoms with E-state index in [0.29, 0.717) is 6.54 Å². The van der Waals surface area contributed by atoms with Gasteiger partial charge in [-0.15, -0.1) is 11.3 Å². The van der Waals surface area contributed by atoms with Crippen molar-refractivity contribution in [2.24, 2.45) is 0 Å². The van der Waals surface area contributed by atoms with Crippen LogP contribution in [0.1, 0.15) is 28.1 Å². The number of nitrogens with one attached hydrogen (secondary N) is 1. The van der Waals surface area contributed by atoms with Gasteiger partial charge < -0.3 is 10.4 Å². The maximum Gasteiger partial charge on any atom is 0.311 e. The van der Waals surface area contributed by atoms with Gasteiger partial charge >= 0.3 is 5.69 Å².